The predicted octanol–water partition coefficient (Wildman–Crippen LogP) is 3.89. The maximum Gasteiger partial charge on any atom is 0.321 e. The number of carbonyl (C=O) groups excluding carboxylic acids is 2. The van der Waals surface area contributed by atoms with Crippen molar-refractivity contribution in [1.82, 2.24) is 20.4 Å². The van der Waals surface area contributed by atoms with Gasteiger partial charge in [-0.25, -0.2) is 9.48 Å². The number of nitrogens with one attached hydrogen (secondary N) is 2. The Morgan fingerprint density at radius 2 is 2.04 bits per heavy atom. The van der Waals surface area contributed by atoms with E-state index in [0.29, 0.717) is 25.8 Å². The second-order valence-corrected chi connectivity index (χ2v) is 8.74. The summed E-state index contributed by atoms with van der Waals surface area (Å²) in [6.45, 7) is 4.46. The number of amides is 3. The minimum absolute atomic E-state index is 0.0814. The van der Waals surface area contributed by atoms with E-state index >= 15 is 0 Å². The Hall–Kier alpha value is -1.42. The van der Waals surface area contributed by atoms with Crippen LogP contribution in [-0.4, -0.2) is 34.0 Å². The van der Waals surface area contributed by atoms with E-state index in [4.69, 9.17) is 23.8 Å². The lowest BCUT2D eigenvalue weighted by Crippen LogP contribution is -2.41. The van der Waals surface area contributed by atoms with Crippen LogP contribution in [0.3, 0.4) is 0 Å². The summed E-state index contributed by atoms with van der Waals surface area (Å²) in [6.07, 6.45) is 0. The molecular formula is C15H17ClN4O2S3. The molecule has 0 saturated heterocycles. The highest BCUT2D eigenvalue weighted by atomic mass is 35.5. The fraction of sp³-hybridized carbons (Fsp3) is 0.333. The fourth-order valence-electron chi connectivity index (χ4n) is 1.70. The Kier molecular flexibility index (Phi) is 7.42. The lowest BCUT2D eigenvalue weighted by Gasteiger charge is -2.07. The van der Waals surface area contributed by atoms with E-state index in [1.807, 2.05) is 26.0 Å². The summed E-state index contributed by atoms with van der Waals surface area (Å²) >= 11 is 13.7. The van der Waals surface area contributed by atoms with Gasteiger partial charge in [0.2, 0.25) is 5.91 Å². The summed E-state index contributed by atoms with van der Waals surface area (Å²) in [5.74, 6) is 0.0163. The van der Waals surface area contributed by atoms with Gasteiger partial charge in [-0.2, -0.15) is 0 Å². The third-order valence-corrected chi connectivity index (χ3v) is 5.47. The molecule has 0 radical (unpaired) electrons. The van der Waals surface area contributed by atoms with Crippen LogP contribution in [0.1, 0.15) is 13.8 Å². The molecule has 0 aliphatic rings. The molecule has 2 N–H and O–H groups in total. The average molecular weight is 417 g/mol. The summed E-state index contributed by atoms with van der Waals surface area (Å²) in [6, 6.07) is 6.66. The van der Waals surface area contributed by atoms with E-state index in [-0.39, 0.29) is 11.7 Å². The molecule has 6 nitrogen and oxygen atoms in total. The number of urea groups is 1. The summed E-state index contributed by atoms with van der Waals surface area (Å²) < 4.78 is 2.84. The number of imide groups is 1. The maximum absolute atomic E-state index is 11.8. The van der Waals surface area contributed by atoms with Crippen molar-refractivity contribution < 1.29 is 9.59 Å². The quantitative estimate of drug-likeness (QED) is 0.551. The molecule has 0 aliphatic heterocycles. The maximum atomic E-state index is 11.8. The van der Waals surface area contributed by atoms with E-state index in [0.717, 1.165) is 5.69 Å². The number of carbonyl (C=O) groups is 2. The number of aromatic nitrogens is 2. The molecule has 134 valence electrons. The lowest BCUT2D eigenvalue weighted by molar-refractivity contribution is -0.117. The zero-order valence-electron chi connectivity index (χ0n) is 13.6. The Bertz CT molecular complexity index is 802. The van der Waals surface area contributed by atoms with Crippen molar-refractivity contribution in [2.24, 2.45) is 5.92 Å². The molecule has 1 heterocycles. The highest BCUT2D eigenvalue weighted by Gasteiger charge is 2.11. The zero-order valence-corrected chi connectivity index (χ0v) is 16.8. The van der Waals surface area contributed by atoms with Crippen LogP contribution in [0, 0.1) is 9.87 Å². The van der Waals surface area contributed by atoms with Gasteiger partial charge in [-0.3, -0.25) is 10.1 Å². The van der Waals surface area contributed by atoms with E-state index < -0.39 is 6.03 Å². The van der Waals surface area contributed by atoms with Gasteiger partial charge in [0.1, 0.15) is 0 Å². The first kappa shape index (κ1) is 19.9. The molecule has 3 amide bonds. The van der Waals surface area contributed by atoms with Crippen molar-refractivity contribution in [3.05, 3.63) is 33.2 Å². The molecule has 0 atom stereocenters. The van der Waals surface area contributed by atoms with Crippen molar-refractivity contribution >= 4 is 58.9 Å². The van der Waals surface area contributed by atoms with E-state index in [1.165, 1.54) is 23.1 Å². The van der Waals surface area contributed by atoms with Gasteiger partial charge in [0, 0.05) is 11.6 Å². The van der Waals surface area contributed by atoms with Crippen molar-refractivity contribution in [3.63, 3.8) is 0 Å². The largest absolute Gasteiger partial charge is 0.338 e. The van der Waals surface area contributed by atoms with Gasteiger partial charge in [-0.15, -0.1) is 5.10 Å². The third-order valence-electron chi connectivity index (χ3n) is 2.85. The molecule has 0 saturated carbocycles. The van der Waals surface area contributed by atoms with Gasteiger partial charge in [0.15, 0.2) is 8.29 Å². The van der Waals surface area contributed by atoms with Crippen LogP contribution < -0.4 is 10.6 Å². The monoisotopic (exact) mass is 416 g/mol. The lowest BCUT2D eigenvalue weighted by atomic mass is 10.2. The van der Waals surface area contributed by atoms with Crippen LogP contribution in [0.5, 0.6) is 0 Å². The second-order valence-electron chi connectivity index (χ2n) is 5.46. The number of hydrogen-bond donors (Lipinski definition) is 2. The normalized spacial score (nSPS) is 10.7. The molecule has 0 bridgehead atoms. The molecule has 0 fully saturated rings. The molecule has 1 aromatic heterocycles. The summed E-state index contributed by atoms with van der Waals surface area (Å²) in [5, 5.41) is 9.93. The van der Waals surface area contributed by atoms with Crippen molar-refractivity contribution in [2.75, 3.05) is 12.3 Å². The first-order valence-corrected chi connectivity index (χ1v) is 10.0. The van der Waals surface area contributed by atoms with Crippen LogP contribution in [-0.2, 0) is 4.79 Å². The summed E-state index contributed by atoms with van der Waals surface area (Å²) in [7, 11) is 0. The molecule has 10 heteroatoms. The number of halogens is 1. The van der Waals surface area contributed by atoms with Gasteiger partial charge in [0.05, 0.1) is 11.4 Å². The first-order chi connectivity index (χ1) is 11.8. The Labute approximate surface area is 164 Å². The van der Waals surface area contributed by atoms with Crippen LogP contribution in [0.4, 0.5) is 4.79 Å². The molecule has 0 aliphatic carbocycles. The van der Waals surface area contributed by atoms with Gasteiger partial charge < -0.3 is 5.32 Å². The highest BCUT2D eigenvalue weighted by Crippen LogP contribution is 2.24. The standard InChI is InChI=1S/C15H17ClN4O2S3/c1-9(2)7-17-13(22)18-12(21)8-24-14-19-20(15(23)25-14)11-5-3-10(16)4-6-11/h3-6,9H,7-8H2,1-2H3,(H2,17,18,21,22). The molecule has 2 aromatic rings. The summed E-state index contributed by atoms with van der Waals surface area (Å²) in [5.41, 5.74) is 0.801. The minimum Gasteiger partial charge on any atom is -0.338 e. The molecule has 25 heavy (non-hydrogen) atoms. The van der Waals surface area contributed by atoms with E-state index in [1.54, 1.807) is 16.8 Å². The third kappa shape index (κ3) is 6.43. The molecule has 0 spiro atoms. The van der Waals surface area contributed by atoms with Gasteiger partial charge in [0.25, 0.3) is 0 Å². The first-order valence-electron chi connectivity index (χ1n) is 7.41. The van der Waals surface area contributed by atoms with Crippen LogP contribution in [0.2, 0.25) is 5.02 Å². The Morgan fingerprint density at radius 3 is 2.68 bits per heavy atom. The number of thioether (sulfide) groups is 1. The topological polar surface area (TPSA) is 76.0 Å². The van der Waals surface area contributed by atoms with Crippen LogP contribution >= 0.6 is 46.9 Å². The molecular weight excluding hydrogens is 400 g/mol. The molecule has 2 rings (SSSR count). The zero-order chi connectivity index (χ0) is 18.4. The van der Waals surface area contributed by atoms with Crippen molar-refractivity contribution in [3.8, 4) is 5.69 Å². The summed E-state index contributed by atoms with van der Waals surface area (Å²) in [4.78, 5) is 23.4. The van der Waals surface area contributed by atoms with Crippen LogP contribution in [0.25, 0.3) is 5.69 Å². The smallest absolute Gasteiger partial charge is 0.321 e. The number of rotatable bonds is 6. The predicted molar refractivity (Wildman–Crippen MR) is 104 cm³/mol. The highest BCUT2D eigenvalue weighted by molar-refractivity contribution is 8.01. The number of hydrogen-bond acceptors (Lipinski definition) is 6. The van der Waals surface area contributed by atoms with Gasteiger partial charge in [-0.05, 0) is 42.4 Å². The second kappa shape index (κ2) is 9.33. The fourth-order valence-corrected chi connectivity index (χ4v) is 3.98. The van der Waals surface area contributed by atoms with E-state index in [2.05, 4.69) is 15.7 Å². The average Bonchev–Trinajstić information content (AvgIpc) is 2.93. The molecule has 0 unspecified atom stereocenters. The van der Waals surface area contributed by atoms with Crippen LogP contribution in [0.15, 0.2) is 28.6 Å². The number of nitrogens with zero attached hydrogens (tertiary/aromatic N) is 2. The number of benzene rings is 1. The van der Waals surface area contributed by atoms with Crippen molar-refractivity contribution in [1.29, 1.82) is 0 Å². The van der Waals surface area contributed by atoms with E-state index in [9.17, 15) is 9.59 Å². The van der Waals surface area contributed by atoms with Crippen molar-refractivity contribution in [2.45, 2.75) is 18.2 Å². The molecule has 1 aromatic carbocycles. The van der Waals surface area contributed by atoms with Gasteiger partial charge >= 0.3 is 6.03 Å². The Morgan fingerprint density at radius 1 is 1.36 bits per heavy atom. The SMILES string of the molecule is CC(C)CNC(=O)NC(=O)CSc1nn(-c2ccc(Cl)cc2)c(=S)s1. The Balaban J connectivity index is 1.90. The van der Waals surface area contributed by atoms with Gasteiger partial charge in [-0.1, -0.05) is 48.5 Å². The minimum atomic E-state index is -0.487.